The predicted molar refractivity (Wildman–Crippen MR) is 81.4 cm³/mol. The molecule has 0 radical (unpaired) electrons. The smallest absolute Gasteiger partial charge is 0.303 e. The zero-order valence-electron chi connectivity index (χ0n) is 12.6. The summed E-state index contributed by atoms with van der Waals surface area (Å²) in [6.07, 6.45) is 2.08. The number of ether oxygens (including phenoxy) is 1. The zero-order chi connectivity index (χ0) is 15.7. The number of amides is 1. The zero-order valence-corrected chi connectivity index (χ0v) is 12.6. The lowest BCUT2D eigenvalue weighted by Crippen LogP contribution is -2.28. The first-order valence-electron chi connectivity index (χ1n) is 7.26. The summed E-state index contributed by atoms with van der Waals surface area (Å²) in [5.74, 6) is -0.991. The minimum Gasteiger partial charge on any atom is -0.481 e. The number of aryl methyl sites for hydroxylation is 1. The fourth-order valence-electron chi connectivity index (χ4n) is 1.73. The lowest BCUT2D eigenvalue weighted by Gasteiger charge is -2.13. The number of benzene rings is 1. The lowest BCUT2D eigenvalue weighted by molar-refractivity contribution is -0.137. The van der Waals surface area contributed by atoms with Crippen molar-refractivity contribution in [1.82, 2.24) is 0 Å². The molecule has 0 aliphatic heterocycles. The number of carboxylic acids is 1. The minimum atomic E-state index is -0.814. The first-order valence-corrected chi connectivity index (χ1v) is 7.26. The number of anilines is 1. The van der Waals surface area contributed by atoms with Crippen LogP contribution in [0.25, 0.3) is 0 Å². The Morgan fingerprint density at radius 1 is 1.29 bits per heavy atom. The van der Waals surface area contributed by atoms with E-state index in [0.29, 0.717) is 18.7 Å². The van der Waals surface area contributed by atoms with Gasteiger partial charge in [-0.05, 0) is 37.5 Å². The Hall–Kier alpha value is -1.88. The fourth-order valence-corrected chi connectivity index (χ4v) is 1.73. The highest BCUT2D eigenvalue weighted by atomic mass is 16.5. The first-order chi connectivity index (χ1) is 10.0. The van der Waals surface area contributed by atoms with Gasteiger partial charge in [-0.25, -0.2) is 0 Å². The van der Waals surface area contributed by atoms with Crippen molar-refractivity contribution in [2.24, 2.45) is 0 Å². The SMILES string of the molecule is CCCCOC(C)C(=O)Nc1ccc(CCC(=O)O)cc1. The average Bonchev–Trinajstić information content (AvgIpc) is 2.46. The third kappa shape index (κ3) is 6.90. The van der Waals surface area contributed by atoms with Gasteiger partial charge in [-0.15, -0.1) is 0 Å². The second kappa shape index (κ2) is 9.13. The molecule has 0 spiro atoms. The van der Waals surface area contributed by atoms with E-state index in [1.165, 1.54) is 0 Å². The Kier molecular flexibility index (Phi) is 7.46. The molecule has 0 fully saturated rings. The van der Waals surface area contributed by atoms with Gasteiger partial charge >= 0.3 is 5.97 Å². The van der Waals surface area contributed by atoms with Gasteiger partial charge in [0.05, 0.1) is 0 Å². The Morgan fingerprint density at radius 2 is 1.95 bits per heavy atom. The van der Waals surface area contributed by atoms with Crippen LogP contribution in [0.5, 0.6) is 0 Å². The molecule has 5 heteroatoms. The molecular formula is C16H23NO4. The van der Waals surface area contributed by atoms with Crippen molar-refractivity contribution in [1.29, 1.82) is 0 Å². The molecule has 2 N–H and O–H groups in total. The summed E-state index contributed by atoms with van der Waals surface area (Å²) in [5.41, 5.74) is 1.62. The Balaban J connectivity index is 2.43. The highest BCUT2D eigenvalue weighted by Crippen LogP contribution is 2.12. The maximum Gasteiger partial charge on any atom is 0.303 e. The molecular weight excluding hydrogens is 270 g/mol. The van der Waals surface area contributed by atoms with Gasteiger partial charge in [0.25, 0.3) is 5.91 Å². The molecule has 0 aromatic heterocycles. The quantitative estimate of drug-likeness (QED) is 0.686. The summed E-state index contributed by atoms with van der Waals surface area (Å²) in [6.45, 7) is 4.38. The van der Waals surface area contributed by atoms with Gasteiger partial charge in [0.15, 0.2) is 0 Å². The van der Waals surface area contributed by atoms with E-state index in [-0.39, 0.29) is 12.3 Å². The van der Waals surface area contributed by atoms with E-state index in [1.807, 2.05) is 12.1 Å². The maximum absolute atomic E-state index is 11.9. The van der Waals surface area contributed by atoms with Gasteiger partial charge in [-0.3, -0.25) is 9.59 Å². The van der Waals surface area contributed by atoms with Crippen LogP contribution in [0.4, 0.5) is 5.69 Å². The molecule has 116 valence electrons. The molecule has 0 heterocycles. The summed E-state index contributed by atoms with van der Waals surface area (Å²) in [5, 5.41) is 11.4. The summed E-state index contributed by atoms with van der Waals surface area (Å²) in [4.78, 5) is 22.4. The third-order valence-corrected chi connectivity index (χ3v) is 3.08. The number of hydrogen-bond donors (Lipinski definition) is 2. The molecule has 0 bridgehead atoms. The Labute approximate surface area is 125 Å². The summed E-state index contributed by atoms with van der Waals surface area (Å²) < 4.78 is 5.43. The standard InChI is InChI=1S/C16H23NO4/c1-3-4-11-21-12(2)16(20)17-14-8-5-13(6-9-14)7-10-15(18)19/h5-6,8-9,12H,3-4,7,10-11H2,1-2H3,(H,17,20)(H,18,19). The monoisotopic (exact) mass is 293 g/mol. The highest BCUT2D eigenvalue weighted by molar-refractivity contribution is 5.93. The summed E-state index contributed by atoms with van der Waals surface area (Å²) in [7, 11) is 0. The molecule has 0 aliphatic carbocycles. The van der Waals surface area contributed by atoms with Gasteiger partial charge in [0.2, 0.25) is 0 Å². The first kappa shape index (κ1) is 17.2. The van der Waals surface area contributed by atoms with Crippen molar-refractivity contribution in [3.63, 3.8) is 0 Å². The average molecular weight is 293 g/mol. The maximum atomic E-state index is 11.9. The van der Waals surface area contributed by atoms with Crippen molar-refractivity contribution in [2.45, 2.75) is 45.6 Å². The summed E-state index contributed by atoms with van der Waals surface area (Å²) in [6, 6.07) is 7.18. The second-order valence-electron chi connectivity index (χ2n) is 4.95. The van der Waals surface area contributed by atoms with E-state index in [2.05, 4.69) is 12.2 Å². The predicted octanol–water partition coefficient (Wildman–Crippen LogP) is 2.85. The van der Waals surface area contributed by atoms with E-state index in [0.717, 1.165) is 18.4 Å². The third-order valence-electron chi connectivity index (χ3n) is 3.08. The largest absolute Gasteiger partial charge is 0.481 e. The van der Waals surface area contributed by atoms with E-state index in [4.69, 9.17) is 9.84 Å². The number of carboxylic acid groups (broad SMARTS) is 1. The van der Waals surface area contributed by atoms with Crippen LogP contribution in [0.3, 0.4) is 0 Å². The van der Waals surface area contributed by atoms with E-state index in [9.17, 15) is 9.59 Å². The van der Waals surface area contributed by atoms with Gasteiger partial charge < -0.3 is 15.2 Å². The molecule has 1 unspecified atom stereocenters. The number of hydrogen-bond acceptors (Lipinski definition) is 3. The molecule has 1 aromatic rings. The normalized spacial score (nSPS) is 11.9. The van der Waals surface area contributed by atoms with Crippen molar-refractivity contribution < 1.29 is 19.4 Å². The van der Waals surface area contributed by atoms with Crippen LogP contribution in [0, 0.1) is 0 Å². The molecule has 0 saturated carbocycles. The number of nitrogens with one attached hydrogen (secondary N) is 1. The molecule has 21 heavy (non-hydrogen) atoms. The minimum absolute atomic E-state index is 0.105. The van der Waals surface area contributed by atoms with Crippen LogP contribution in [0.1, 0.15) is 38.7 Å². The van der Waals surface area contributed by atoms with Crippen molar-refractivity contribution in [2.75, 3.05) is 11.9 Å². The lowest BCUT2D eigenvalue weighted by atomic mass is 10.1. The topological polar surface area (TPSA) is 75.6 Å². The van der Waals surface area contributed by atoms with Gasteiger partial charge in [-0.1, -0.05) is 25.5 Å². The Morgan fingerprint density at radius 3 is 2.52 bits per heavy atom. The van der Waals surface area contributed by atoms with Crippen LogP contribution in [-0.2, 0) is 20.7 Å². The van der Waals surface area contributed by atoms with Crippen LogP contribution in [0.15, 0.2) is 24.3 Å². The number of rotatable bonds is 9. The molecule has 1 amide bonds. The van der Waals surface area contributed by atoms with Gasteiger partial charge in [0.1, 0.15) is 6.10 Å². The van der Waals surface area contributed by atoms with Gasteiger partial charge in [-0.2, -0.15) is 0 Å². The van der Waals surface area contributed by atoms with Crippen molar-refractivity contribution in [3.8, 4) is 0 Å². The number of unbranched alkanes of at least 4 members (excludes halogenated alkanes) is 1. The van der Waals surface area contributed by atoms with Gasteiger partial charge in [0, 0.05) is 18.7 Å². The molecule has 1 aromatic carbocycles. The molecule has 0 aliphatic rings. The molecule has 0 saturated heterocycles. The Bertz CT molecular complexity index is 456. The van der Waals surface area contributed by atoms with Crippen LogP contribution in [0.2, 0.25) is 0 Å². The van der Waals surface area contributed by atoms with Crippen LogP contribution >= 0.6 is 0 Å². The van der Waals surface area contributed by atoms with E-state index in [1.54, 1.807) is 19.1 Å². The second-order valence-corrected chi connectivity index (χ2v) is 4.95. The number of aliphatic carboxylic acids is 1. The van der Waals surface area contributed by atoms with E-state index < -0.39 is 12.1 Å². The molecule has 1 rings (SSSR count). The van der Waals surface area contributed by atoms with Crippen LogP contribution < -0.4 is 5.32 Å². The van der Waals surface area contributed by atoms with E-state index >= 15 is 0 Å². The highest BCUT2D eigenvalue weighted by Gasteiger charge is 2.13. The van der Waals surface area contributed by atoms with Crippen molar-refractivity contribution >= 4 is 17.6 Å². The molecule has 1 atom stereocenters. The summed E-state index contributed by atoms with van der Waals surface area (Å²) >= 11 is 0. The molecule has 5 nitrogen and oxygen atoms in total. The number of carbonyl (C=O) groups is 2. The van der Waals surface area contributed by atoms with Crippen LogP contribution in [-0.4, -0.2) is 29.7 Å². The number of carbonyl (C=O) groups excluding carboxylic acids is 1. The fraction of sp³-hybridized carbons (Fsp3) is 0.500. The van der Waals surface area contributed by atoms with Crippen molar-refractivity contribution in [3.05, 3.63) is 29.8 Å².